The molecule has 86 valence electrons. The molecule has 5 heteroatoms. The molecule has 1 fully saturated rings. The van der Waals surface area contributed by atoms with Crippen molar-refractivity contribution in [1.29, 1.82) is 0 Å². The minimum Gasteiger partial charge on any atom is -0.391 e. The fourth-order valence-electron chi connectivity index (χ4n) is 1.74. The lowest BCUT2D eigenvalue weighted by Gasteiger charge is -2.15. The number of benzene rings is 1. The summed E-state index contributed by atoms with van der Waals surface area (Å²) in [5.41, 5.74) is 0.433. The second kappa shape index (κ2) is 4.51. The molecule has 1 heterocycles. The van der Waals surface area contributed by atoms with E-state index in [9.17, 15) is 14.3 Å². The highest BCUT2D eigenvalue weighted by atomic mass is 79.9. The molecule has 3 nitrogen and oxygen atoms in total. The molecule has 2 rings (SSSR count). The first-order valence-electron chi connectivity index (χ1n) is 5.00. The summed E-state index contributed by atoms with van der Waals surface area (Å²) in [6, 6.07) is 4.17. The summed E-state index contributed by atoms with van der Waals surface area (Å²) in [5, 5.41) is 9.33. The lowest BCUT2D eigenvalue weighted by molar-refractivity contribution is 0.0765. The lowest BCUT2D eigenvalue weighted by atomic mass is 10.2. The number of β-amino-alcohol motifs (C(OH)–C–C–N with tert-alkyl or cyclic N) is 1. The van der Waals surface area contributed by atoms with Gasteiger partial charge in [0.05, 0.1) is 10.6 Å². The molecular formula is C11H11BrFNO2. The fraction of sp³-hybridized carbons (Fsp3) is 0.364. The molecule has 0 saturated carbocycles. The Bertz CT molecular complexity index is 424. The van der Waals surface area contributed by atoms with Gasteiger partial charge >= 0.3 is 0 Å². The van der Waals surface area contributed by atoms with E-state index in [1.807, 2.05) is 0 Å². The predicted molar refractivity (Wildman–Crippen MR) is 60.6 cm³/mol. The van der Waals surface area contributed by atoms with E-state index in [2.05, 4.69) is 15.9 Å². The smallest absolute Gasteiger partial charge is 0.253 e. The number of halogens is 2. The molecule has 0 spiro atoms. The number of amides is 1. The Morgan fingerprint density at radius 2 is 2.31 bits per heavy atom. The Balaban J connectivity index is 2.18. The lowest BCUT2D eigenvalue weighted by Crippen LogP contribution is -2.29. The van der Waals surface area contributed by atoms with Crippen LogP contribution in [0.2, 0.25) is 0 Å². The number of aliphatic hydroxyl groups is 1. The van der Waals surface area contributed by atoms with Gasteiger partial charge in [-0.2, -0.15) is 0 Å². The highest BCUT2D eigenvalue weighted by Crippen LogP contribution is 2.19. The number of hydrogen-bond acceptors (Lipinski definition) is 2. The van der Waals surface area contributed by atoms with Crippen molar-refractivity contribution in [3.05, 3.63) is 34.1 Å². The quantitative estimate of drug-likeness (QED) is 0.856. The Morgan fingerprint density at radius 1 is 1.56 bits per heavy atom. The van der Waals surface area contributed by atoms with Gasteiger partial charge in [0, 0.05) is 18.7 Å². The van der Waals surface area contributed by atoms with Gasteiger partial charge in [0.25, 0.3) is 5.91 Å². The van der Waals surface area contributed by atoms with Crippen LogP contribution in [-0.4, -0.2) is 35.1 Å². The molecule has 1 unspecified atom stereocenters. The molecule has 1 aliphatic rings. The SMILES string of the molecule is O=C(c1ccc(F)c(Br)c1)N1CCC(O)C1. The molecule has 1 aliphatic heterocycles. The van der Waals surface area contributed by atoms with E-state index < -0.39 is 11.9 Å². The third-order valence-electron chi connectivity index (χ3n) is 2.62. The standard InChI is InChI=1S/C11H11BrFNO2/c12-9-5-7(1-2-10(9)13)11(16)14-4-3-8(15)6-14/h1-2,5,8,15H,3-4,6H2. The minimum atomic E-state index is -0.437. The monoisotopic (exact) mass is 287 g/mol. The number of carbonyl (C=O) groups is 1. The van der Waals surface area contributed by atoms with Crippen molar-refractivity contribution < 1.29 is 14.3 Å². The van der Waals surface area contributed by atoms with Gasteiger partial charge in [0.15, 0.2) is 0 Å². The molecule has 1 N–H and O–H groups in total. The van der Waals surface area contributed by atoms with E-state index in [0.29, 0.717) is 25.1 Å². The second-order valence-corrected chi connectivity index (χ2v) is 4.68. The van der Waals surface area contributed by atoms with E-state index in [-0.39, 0.29) is 10.4 Å². The molecule has 1 aromatic carbocycles. The zero-order chi connectivity index (χ0) is 11.7. The molecular weight excluding hydrogens is 277 g/mol. The predicted octanol–water partition coefficient (Wildman–Crippen LogP) is 1.79. The van der Waals surface area contributed by atoms with E-state index in [0.717, 1.165) is 0 Å². The first kappa shape index (κ1) is 11.5. The van der Waals surface area contributed by atoms with Crippen LogP contribution in [0.1, 0.15) is 16.8 Å². The highest BCUT2D eigenvalue weighted by Gasteiger charge is 2.25. The first-order valence-corrected chi connectivity index (χ1v) is 5.79. The first-order chi connectivity index (χ1) is 7.58. The maximum absolute atomic E-state index is 13.0. The zero-order valence-corrected chi connectivity index (χ0v) is 10.1. The summed E-state index contributed by atoms with van der Waals surface area (Å²) in [6.45, 7) is 0.906. The van der Waals surface area contributed by atoms with Crippen LogP contribution < -0.4 is 0 Å². The number of hydrogen-bond donors (Lipinski definition) is 1. The van der Waals surface area contributed by atoms with E-state index in [4.69, 9.17) is 0 Å². The van der Waals surface area contributed by atoms with Crippen molar-refractivity contribution in [2.24, 2.45) is 0 Å². The molecule has 1 aromatic rings. The van der Waals surface area contributed by atoms with Gasteiger partial charge < -0.3 is 10.0 Å². The van der Waals surface area contributed by atoms with Crippen molar-refractivity contribution >= 4 is 21.8 Å². The van der Waals surface area contributed by atoms with Crippen LogP contribution in [0.25, 0.3) is 0 Å². The Hall–Kier alpha value is -0.940. The Labute approximate surface area is 101 Å². The maximum Gasteiger partial charge on any atom is 0.253 e. The van der Waals surface area contributed by atoms with E-state index >= 15 is 0 Å². The zero-order valence-electron chi connectivity index (χ0n) is 8.49. The Morgan fingerprint density at radius 3 is 2.88 bits per heavy atom. The molecule has 0 radical (unpaired) electrons. The molecule has 0 bridgehead atoms. The van der Waals surface area contributed by atoms with Crippen LogP contribution in [0.3, 0.4) is 0 Å². The van der Waals surface area contributed by atoms with Crippen molar-refractivity contribution in [3.63, 3.8) is 0 Å². The third kappa shape index (κ3) is 2.25. The summed E-state index contributed by atoms with van der Waals surface area (Å²) in [5.74, 6) is -0.560. The fourth-order valence-corrected chi connectivity index (χ4v) is 2.12. The average Bonchev–Trinajstić information content (AvgIpc) is 2.68. The topological polar surface area (TPSA) is 40.5 Å². The highest BCUT2D eigenvalue weighted by molar-refractivity contribution is 9.10. The maximum atomic E-state index is 13.0. The van der Waals surface area contributed by atoms with Crippen LogP contribution >= 0.6 is 15.9 Å². The van der Waals surface area contributed by atoms with Crippen LogP contribution in [0.4, 0.5) is 4.39 Å². The summed E-state index contributed by atoms with van der Waals surface area (Å²) >= 11 is 3.04. The number of rotatable bonds is 1. The van der Waals surface area contributed by atoms with Crippen molar-refractivity contribution in [1.82, 2.24) is 4.90 Å². The third-order valence-corrected chi connectivity index (χ3v) is 3.22. The van der Waals surface area contributed by atoms with Gasteiger partial charge in [0.1, 0.15) is 5.82 Å². The number of likely N-dealkylation sites (tertiary alicyclic amines) is 1. The molecule has 0 aromatic heterocycles. The van der Waals surface area contributed by atoms with Gasteiger partial charge in [-0.15, -0.1) is 0 Å². The molecule has 1 atom stereocenters. The Kier molecular flexibility index (Phi) is 3.25. The van der Waals surface area contributed by atoms with Gasteiger partial charge in [0.2, 0.25) is 0 Å². The van der Waals surface area contributed by atoms with Crippen LogP contribution in [0.5, 0.6) is 0 Å². The van der Waals surface area contributed by atoms with Crippen molar-refractivity contribution in [2.75, 3.05) is 13.1 Å². The van der Waals surface area contributed by atoms with E-state index in [1.165, 1.54) is 18.2 Å². The average molecular weight is 288 g/mol. The van der Waals surface area contributed by atoms with Gasteiger partial charge in [-0.1, -0.05) is 0 Å². The second-order valence-electron chi connectivity index (χ2n) is 3.82. The van der Waals surface area contributed by atoms with Crippen molar-refractivity contribution in [2.45, 2.75) is 12.5 Å². The van der Waals surface area contributed by atoms with Crippen LogP contribution in [0.15, 0.2) is 22.7 Å². The van der Waals surface area contributed by atoms with Gasteiger partial charge in [-0.05, 0) is 40.5 Å². The van der Waals surface area contributed by atoms with Gasteiger partial charge in [-0.3, -0.25) is 4.79 Å². The molecule has 1 saturated heterocycles. The molecule has 1 amide bonds. The van der Waals surface area contributed by atoms with Crippen molar-refractivity contribution in [3.8, 4) is 0 Å². The number of nitrogens with zero attached hydrogens (tertiary/aromatic N) is 1. The summed E-state index contributed by atoms with van der Waals surface area (Å²) in [6.07, 6.45) is 0.168. The van der Waals surface area contributed by atoms with E-state index in [1.54, 1.807) is 4.90 Å². The van der Waals surface area contributed by atoms with Gasteiger partial charge in [-0.25, -0.2) is 4.39 Å². The van der Waals surface area contributed by atoms with Crippen LogP contribution in [-0.2, 0) is 0 Å². The summed E-state index contributed by atoms with van der Waals surface area (Å²) in [7, 11) is 0. The summed E-state index contributed by atoms with van der Waals surface area (Å²) in [4.78, 5) is 13.5. The normalized spacial score (nSPS) is 20.2. The largest absolute Gasteiger partial charge is 0.391 e. The van der Waals surface area contributed by atoms with Crippen LogP contribution in [0, 0.1) is 5.82 Å². The minimum absolute atomic E-state index is 0.169. The molecule has 0 aliphatic carbocycles. The number of carbonyl (C=O) groups excluding carboxylic acids is 1. The molecule has 16 heavy (non-hydrogen) atoms. The number of aliphatic hydroxyl groups excluding tert-OH is 1. The summed E-state index contributed by atoms with van der Waals surface area (Å²) < 4.78 is 13.3.